The van der Waals surface area contributed by atoms with Crippen LogP contribution in [0.1, 0.15) is 22.5 Å². The number of benzene rings is 6. The lowest BCUT2D eigenvalue weighted by atomic mass is 9.71. The molecule has 3 nitrogen and oxygen atoms in total. The minimum absolute atomic E-state index is 0.639. The van der Waals surface area contributed by atoms with Gasteiger partial charge >= 0.3 is 0 Å². The minimum atomic E-state index is -0.639. The molecule has 0 amide bonds. The number of pyridine rings is 2. The van der Waals surface area contributed by atoms with Crippen LogP contribution in [0.2, 0.25) is 0 Å². The maximum absolute atomic E-state index is 7.02. The third-order valence-electron chi connectivity index (χ3n) is 10.7. The molecule has 0 N–H and O–H groups in total. The van der Waals surface area contributed by atoms with Gasteiger partial charge in [-0.3, -0.25) is 4.98 Å². The van der Waals surface area contributed by atoms with Crippen molar-refractivity contribution in [1.29, 1.82) is 0 Å². The molecular formula is C47H28N2O. The quantitative estimate of drug-likeness (QED) is 0.194. The maximum Gasteiger partial charge on any atom is 0.135 e. The smallest absolute Gasteiger partial charge is 0.135 e. The summed E-state index contributed by atoms with van der Waals surface area (Å²) in [7, 11) is 0. The largest absolute Gasteiger partial charge is 0.459 e. The van der Waals surface area contributed by atoms with Crippen LogP contribution in [0.4, 0.5) is 0 Å². The molecule has 0 unspecified atom stereocenters. The van der Waals surface area contributed by atoms with Gasteiger partial charge in [0.15, 0.2) is 0 Å². The van der Waals surface area contributed by atoms with Crippen molar-refractivity contribution in [1.82, 2.24) is 9.97 Å². The van der Waals surface area contributed by atoms with Gasteiger partial charge in [0.1, 0.15) is 16.8 Å². The van der Waals surface area contributed by atoms with Crippen molar-refractivity contribution >= 4 is 21.9 Å². The molecule has 50 heavy (non-hydrogen) atoms. The fourth-order valence-electron chi connectivity index (χ4n) is 8.70. The number of para-hydroxylation sites is 2. The summed E-state index contributed by atoms with van der Waals surface area (Å²) in [4.78, 5) is 10.3. The van der Waals surface area contributed by atoms with Crippen molar-refractivity contribution in [3.8, 4) is 55.9 Å². The Labute approximate surface area is 289 Å². The van der Waals surface area contributed by atoms with Gasteiger partial charge in [-0.15, -0.1) is 0 Å². The molecule has 0 radical (unpaired) electrons. The van der Waals surface area contributed by atoms with Crippen LogP contribution in [0.25, 0.3) is 77.8 Å². The van der Waals surface area contributed by atoms with Crippen molar-refractivity contribution in [2.45, 2.75) is 5.41 Å². The number of aromatic nitrogens is 2. The normalized spacial score (nSPS) is 13.4. The van der Waals surface area contributed by atoms with Crippen molar-refractivity contribution < 1.29 is 4.42 Å². The molecule has 3 aromatic heterocycles. The first-order chi connectivity index (χ1) is 24.8. The third-order valence-corrected chi connectivity index (χ3v) is 10.7. The van der Waals surface area contributed by atoms with Gasteiger partial charge in [-0.2, -0.15) is 0 Å². The van der Waals surface area contributed by atoms with Crippen LogP contribution in [0.5, 0.6) is 0 Å². The molecule has 2 aliphatic rings. The summed E-state index contributed by atoms with van der Waals surface area (Å²) < 4.78 is 7.02. The topological polar surface area (TPSA) is 38.9 Å². The number of hydrogen-bond acceptors (Lipinski definition) is 3. The number of furan rings is 1. The van der Waals surface area contributed by atoms with Gasteiger partial charge in [-0.25, -0.2) is 4.98 Å². The van der Waals surface area contributed by atoms with Gasteiger partial charge in [0.25, 0.3) is 0 Å². The molecule has 0 saturated heterocycles. The van der Waals surface area contributed by atoms with Crippen molar-refractivity contribution in [2.75, 3.05) is 0 Å². The summed E-state index contributed by atoms with van der Waals surface area (Å²) in [6, 6.07) is 58.2. The van der Waals surface area contributed by atoms with E-state index in [1.54, 1.807) is 0 Å². The zero-order valence-corrected chi connectivity index (χ0v) is 27.0. The van der Waals surface area contributed by atoms with E-state index in [1.807, 2.05) is 24.4 Å². The molecule has 11 rings (SSSR count). The zero-order valence-electron chi connectivity index (χ0n) is 27.0. The van der Waals surface area contributed by atoms with Gasteiger partial charge in [0.2, 0.25) is 0 Å². The lowest BCUT2D eigenvalue weighted by Gasteiger charge is -2.30. The van der Waals surface area contributed by atoms with E-state index >= 15 is 0 Å². The summed E-state index contributed by atoms with van der Waals surface area (Å²) >= 11 is 0. The first kappa shape index (κ1) is 27.4. The van der Waals surface area contributed by atoms with Crippen LogP contribution in [0.15, 0.2) is 174 Å². The Hall–Kier alpha value is -6.58. The standard InChI is InChI=1S/C47H28N2O/c1-2-13-29(14-3-1)40-26-25-30(28-48-40)37-27-42(49-41-23-10-6-17-33(37)41)34-19-12-20-36-44-35-18-7-11-24-43(35)50-46(44)47(45(34)36)38-21-8-4-15-31(38)32-16-5-9-22-39(32)47/h1-28H. The SMILES string of the molecule is c1ccc(-c2ccc(-c3cc(-c4cccc5c4C4(c6ccccc6-c6ccccc64)c4oc6ccccc6c4-5)nc4ccccc34)cn2)cc1. The predicted molar refractivity (Wildman–Crippen MR) is 202 cm³/mol. The predicted octanol–water partition coefficient (Wildman–Crippen LogP) is 11.7. The van der Waals surface area contributed by atoms with Gasteiger partial charge in [-0.1, -0.05) is 140 Å². The van der Waals surface area contributed by atoms with E-state index in [-0.39, 0.29) is 0 Å². The molecule has 0 fully saturated rings. The van der Waals surface area contributed by atoms with E-state index in [0.29, 0.717) is 0 Å². The molecule has 6 aromatic carbocycles. The van der Waals surface area contributed by atoms with Gasteiger partial charge in [-0.05, 0) is 63.2 Å². The Morgan fingerprint density at radius 3 is 1.90 bits per heavy atom. The number of hydrogen-bond donors (Lipinski definition) is 0. The van der Waals surface area contributed by atoms with Crippen molar-refractivity contribution in [3.05, 3.63) is 192 Å². The Bertz CT molecular complexity index is 2770. The second-order valence-corrected chi connectivity index (χ2v) is 13.2. The van der Waals surface area contributed by atoms with Crippen LogP contribution < -0.4 is 0 Å². The molecular weight excluding hydrogens is 609 g/mol. The molecule has 0 saturated carbocycles. The molecule has 3 heterocycles. The fraction of sp³-hybridized carbons (Fsp3) is 0.0213. The molecule has 0 aliphatic heterocycles. The molecule has 1 spiro atoms. The molecule has 232 valence electrons. The summed E-state index contributed by atoms with van der Waals surface area (Å²) in [5.74, 6) is 0.986. The van der Waals surface area contributed by atoms with E-state index in [4.69, 9.17) is 14.4 Å². The van der Waals surface area contributed by atoms with E-state index in [0.717, 1.165) is 61.3 Å². The van der Waals surface area contributed by atoms with Crippen LogP contribution in [0, 0.1) is 0 Å². The van der Waals surface area contributed by atoms with Gasteiger partial charge < -0.3 is 4.42 Å². The van der Waals surface area contributed by atoms with Gasteiger partial charge in [0.05, 0.1) is 16.9 Å². The second-order valence-electron chi connectivity index (χ2n) is 13.2. The summed E-state index contributed by atoms with van der Waals surface area (Å²) in [5.41, 5.74) is 16.0. The first-order valence-electron chi connectivity index (χ1n) is 17.1. The number of nitrogens with zero attached hydrogens (tertiary/aromatic N) is 2. The fourth-order valence-corrected chi connectivity index (χ4v) is 8.70. The Kier molecular flexibility index (Phi) is 5.59. The molecule has 0 bridgehead atoms. The van der Waals surface area contributed by atoms with E-state index in [1.165, 1.54) is 38.9 Å². The third kappa shape index (κ3) is 3.58. The minimum Gasteiger partial charge on any atom is -0.459 e. The Morgan fingerprint density at radius 2 is 1.12 bits per heavy atom. The zero-order chi connectivity index (χ0) is 32.8. The van der Waals surface area contributed by atoms with Crippen molar-refractivity contribution in [2.24, 2.45) is 0 Å². The van der Waals surface area contributed by atoms with Gasteiger partial charge in [0, 0.05) is 39.2 Å². The first-order valence-corrected chi connectivity index (χ1v) is 17.1. The average molecular weight is 637 g/mol. The Morgan fingerprint density at radius 1 is 0.460 bits per heavy atom. The lowest BCUT2D eigenvalue weighted by Crippen LogP contribution is -2.26. The van der Waals surface area contributed by atoms with Crippen LogP contribution in [0.3, 0.4) is 0 Å². The van der Waals surface area contributed by atoms with Crippen LogP contribution >= 0.6 is 0 Å². The average Bonchev–Trinajstić information content (AvgIpc) is 3.82. The second kappa shape index (κ2) is 10.2. The molecule has 9 aromatic rings. The van der Waals surface area contributed by atoms with Crippen LogP contribution in [-0.2, 0) is 5.41 Å². The molecule has 2 aliphatic carbocycles. The highest BCUT2D eigenvalue weighted by Gasteiger charge is 2.56. The highest BCUT2D eigenvalue weighted by Crippen LogP contribution is 2.66. The van der Waals surface area contributed by atoms with E-state index in [2.05, 4.69) is 146 Å². The summed E-state index contributed by atoms with van der Waals surface area (Å²) in [6.45, 7) is 0. The highest BCUT2D eigenvalue weighted by molar-refractivity contribution is 6.07. The van der Waals surface area contributed by atoms with Crippen LogP contribution in [-0.4, -0.2) is 9.97 Å². The monoisotopic (exact) mass is 636 g/mol. The number of rotatable bonds is 3. The van der Waals surface area contributed by atoms with E-state index in [9.17, 15) is 0 Å². The lowest BCUT2D eigenvalue weighted by molar-refractivity contribution is 0.507. The molecule has 3 heteroatoms. The number of fused-ring (bicyclic) bond motifs is 13. The molecule has 0 atom stereocenters. The highest BCUT2D eigenvalue weighted by atomic mass is 16.3. The Balaban J connectivity index is 1.21. The summed E-state index contributed by atoms with van der Waals surface area (Å²) in [6.07, 6.45) is 2.00. The van der Waals surface area contributed by atoms with Crippen molar-refractivity contribution in [3.63, 3.8) is 0 Å². The summed E-state index contributed by atoms with van der Waals surface area (Å²) in [5, 5.41) is 2.23. The maximum atomic E-state index is 7.02. The van der Waals surface area contributed by atoms with E-state index < -0.39 is 5.41 Å².